The standard InChI is InChI=1S/C19H29NO5/c1-25-18(23)11-8-10-17(22)16(21)9-6-4-2-3-5-7-12-19(24)13-15(20)14-19/h2-7,9,12,15-17,21-22,24H,8,10-11,13-14,20H2,1H3/b4-2+,5-3-,9-6+,12-7+/t15?,16-,17+,19?/m1/s1. The topological polar surface area (TPSA) is 113 Å². The molecule has 0 amide bonds. The molecule has 1 aliphatic carbocycles. The second-order valence-corrected chi connectivity index (χ2v) is 6.31. The van der Waals surface area contributed by atoms with E-state index in [9.17, 15) is 20.1 Å². The number of methoxy groups -OCH3 is 1. The van der Waals surface area contributed by atoms with Gasteiger partial charge in [-0.2, -0.15) is 0 Å². The molecule has 25 heavy (non-hydrogen) atoms. The minimum atomic E-state index is -0.983. The third-order valence-electron chi connectivity index (χ3n) is 4.00. The highest BCUT2D eigenvalue weighted by Gasteiger charge is 2.37. The van der Waals surface area contributed by atoms with Crippen molar-refractivity contribution in [1.82, 2.24) is 0 Å². The van der Waals surface area contributed by atoms with Crippen LogP contribution in [0.15, 0.2) is 48.6 Å². The number of hydrogen-bond acceptors (Lipinski definition) is 6. The highest BCUT2D eigenvalue weighted by Crippen LogP contribution is 2.31. The highest BCUT2D eigenvalue weighted by atomic mass is 16.5. The van der Waals surface area contributed by atoms with Gasteiger partial charge in [-0.15, -0.1) is 0 Å². The third kappa shape index (κ3) is 8.79. The Kier molecular flexibility index (Phi) is 9.37. The van der Waals surface area contributed by atoms with Gasteiger partial charge in [0, 0.05) is 12.5 Å². The fraction of sp³-hybridized carbons (Fsp3) is 0.526. The molecule has 0 aromatic rings. The lowest BCUT2D eigenvalue weighted by Gasteiger charge is -2.39. The Hall–Kier alpha value is -1.73. The summed E-state index contributed by atoms with van der Waals surface area (Å²) in [6.07, 6.45) is 14.0. The highest BCUT2D eigenvalue weighted by molar-refractivity contribution is 5.68. The quantitative estimate of drug-likeness (QED) is 0.347. The van der Waals surface area contributed by atoms with E-state index >= 15 is 0 Å². The summed E-state index contributed by atoms with van der Waals surface area (Å²) in [6, 6.07) is 0.0888. The number of aliphatic hydroxyl groups is 3. The first-order valence-electron chi connectivity index (χ1n) is 8.46. The van der Waals surface area contributed by atoms with Gasteiger partial charge in [0.25, 0.3) is 0 Å². The van der Waals surface area contributed by atoms with Crippen LogP contribution in [0.4, 0.5) is 0 Å². The molecule has 0 radical (unpaired) electrons. The Morgan fingerprint density at radius 3 is 2.40 bits per heavy atom. The van der Waals surface area contributed by atoms with E-state index in [0.717, 1.165) is 0 Å². The summed E-state index contributed by atoms with van der Waals surface area (Å²) >= 11 is 0. The van der Waals surface area contributed by atoms with Gasteiger partial charge >= 0.3 is 5.97 Å². The van der Waals surface area contributed by atoms with Crippen molar-refractivity contribution < 1.29 is 24.9 Å². The van der Waals surface area contributed by atoms with Crippen molar-refractivity contribution in [3.05, 3.63) is 48.6 Å². The summed E-state index contributed by atoms with van der Waals surface area (Å²) in [5, 5.41) is 29.5. The van der Waals surface area contributed by atoms with E-state index in [0.29, 0.717) is 25.7 Å². The normalized spacial score (nSPS) is 26.5. The van der Waals surface area contributed by atoms with Crippen LogP contribution in [0.25, 0.3) is 0 Å². The van der Waals surface area contributed by atoms with Crippen LogP contribution < -0.4 is 5.73 Å². The molecule has 0 aromatic carbocycles. The SMILES string of the molecule is COC(=O)CCC[C@H](O)[C@H](O)/C=C/C=C/C=C\C=C\C1(O)CC(N)C1. The van der Waals surface area contributed by atoms with Crippen molar-refractivity contribution in [1.29, 1.82) is 0 Å². The number of esters is 1. The van der Waals surface area contributed by atoms with Crippen LogP contribution in [-0.4, -0.2) is 52.2 Å². The number of rotatable bonds is 10. The van der Waals surface area contributed by atoms with Gasteiger partial charge in [0.15, 0.2) is 0 Å². The molecule has 1 aliphatic rings. The fourth-order valence-electron chi connectivity index (χ4n) is 2.51. The van der Waals surface area contributed by atoms with E-state index in [4.69, 9.17) is 5.73 Å². The minimum Gasteiger partial charge on any atom is -0.469 e. The molecule has 2 atom stereocenters. The average Bonchev–Trinajstić information content (AvgIpc) is 2.55. The number of nitrogens with two attached hydrogens (primary N) is 1. The van der Waals surface area contributed by atoms with Gasteiger partial charge in [0.1, 0.15) is 0 Å². The first-order valence-corrected chi connectivity index (χ1v) is 8.46. The fourth-order valence-corrected chi connectivity index (χ4v) is 2.51. The molecule has 0 saturated heterocycles. The van der Waals surface area contributed by atoms with Crippen LogP contribution in [0.2, 0.25) is 0 Å². The summed E-state index contributed by atoms with van der Waals surface area (Å²) in [6.45, 7) is 0. The van der Waals surface area contributed by atoms with E-state index < -0.39 is 17.8 Å². The molecule has 6 nitrogen and oxygen atoms in total. The predicted molar refractivity (Wildman–Crippen MR) is 96.6 cm³/mol. The molecule has 1 saturated carbocycles. The van der Waals surface area contributed by atoms with Gasteiger partial charge in [-0.1, -0.05) is 48.6 Å². The molecular weight excluding hydrogens is 322 g/mol. The van der Waals surface area contributed by atoms with E-state index in [2.05, 4.69) is 4.74 Å². The van der Waals surface area contributed by atoms with Crippen molar-refractivity contribution in [2.75, 3.05) is 7.11 Å². The van der Waals surface area contributed by atoms with Crippen molar-refractivity contribution in [2.24, 2.45) is 5.73 Å². The zero-order valence-corrected chi connectivity index (χ0v) is 14.6. The average molecular weight is 351 g/mol. The van der Waals surface area contributed by atoms with Gasteiger partial charge in [-0.05, 0) is 25.7 Å². The summed E-state index contributed by atoms with van der Waals surface area (Å²) in [5.74, 6) is -0.326. The van der Waals surface area contributed by atoms with Gasteiger partial charge in [-0.25, -0.2) is 0 Å². The van der Waals surface area contributed by atoms with Gasteiger partial charge in [-0.3, -0.25) is 4.79 Å². The maximum Gasteiger partial charge on any atom is 0.305 e. The lowest BCUT2D eigenvalue weighted by atomic mass is 9.76. The van der Waals surface area contributed by atoms with Gasteiger partial charge in [0.2, 0.25) is 0 Å². The van der Waals surface area contributed by atoms with Crippen LogP contribution in [0.5, 0.6) is 0 Å². The predicted octanol–water partition coefficient (Wildman–Crippen LogP) is 1.13. The van der Waals surface area contributed by atoms with E-state index in [1.807, 2.05) is 0 Å². The second kappa shape index (κ2) is 11.0. The number of hydrogen-bond donors (Lipinski definition) is 4. The first kappa shape index (κ1) is 21.3. The summed E-state index contributed by atoms with van der Waals surface area (Å²) in [4.78, 5) is 11.0. The molecule has 140 valence electrons. The molecule has 5 N–H and O–H groups in total. The molecule has 0 aliphatic heterocycles. The van der Waals surface area contributed by atoms with Crippen molar-refractivity contribution >= 4 is 5.97 Å². The first-order chi connectivity index (χ1) is 11.9. The van der Waals surface area contributed by atoms with Crippen LogP contribution in [0.1, 0.15) is 32.1 Å². The van der Waals surface area contributed by atoms with E-state index in [1.165, 1.54) is 13.2 Å². The Labute approximate surface area is 149 Å². The van der Waals surface area contributed by atoms with Crippen molar-refractivity contribution in [2.45, 2.75) is 56.0 Å². The Bertz CT molecular complexity index is 518. The zero-order valence-electron chi connectivity index (χ0n) is 14.6. The summed E-state index contributed by atoms with van der Waals surface area (Å²) in [7, 11) is 1.32. The second-order valence-electron chi connectivity index (χ2n) is 6.31. The smallest absolute Gasteiger partial charge is 0.305 e. The summed E-state index contributed by atoms with van der Waals surface area (Å²) in [5.41, 5.74) is 4.88. The molecule has 6 heteroatoms. The summed E-state index contributed by atoms with van der Waals surface area (Å²) < 4.78 is 4.51. The van der Waals surface area contributed by atoms with Gasteiger partial charge in [0.05, 0.1) is 24.9 Å². The number of ether oxygens (including phenoxy) is 1. The number of aliphatic hydroxyl groups excluding tert-OH is 2. The zero-order chi connectivity index (χ0) is 18.7. The Balaban J connectivity index is 2.22. The molecular formula is C19H29NO5. The largest absolute Gasteiger partial charge is 0.469 e. The van der Waals surface area contributed by atoms with Crippen LogP contribution >= 0.6 is 0 Å². The monoisotopic (exact) mass is 351 g/mol. The van der Waals surface area contributed by atoms with E-state index in [1.54, 1.807) is 42.5 Å². The van der Waals surface area contributed by atoms with E-state index in [-0.39, 0.29) is 18.4 Å². The third-order valence-corrected chi connectivity index (χ3v) is 4.00. The van der Waals surface area contributed by atoms with Crippen molar-refractivity contribution in [3.63, 3.8) is 0 Å². The molecule has 0 bridgehead atoms. The molecule has 1 fully saturated rings. The molecule has 1 rings (SSSR count). The maximum absolute atomic E-state index is 11.0. The molecule has 0 heterocycles. The Morgan fingerprint density at radius 1 is 1.20 bits per heavy atom. The minimum absolute atomic E-state index is 0.0888. The van der Waals surface area contributed by atoms with Gasteiger partial charge < -0.3 is 25.8 Å². The number of carbonyl (C=O) groups is 1. The molecule has 0 aromatic heterocycles. The maximum atomic E-state index is 11.0. The van der Waals surface area contributed by atoms with Crippen LogP contribution in [0.3, 0.4) is 0 Å². The van der Waals surface area contributed by atoms with Crippen molar-refractivity contribution in [3.8, 4) is 0 Å². The Morgan fingerprint density at radius 2 is 1.80 bits per heavy atom. The lowest BCUT2D eigenvalue weighted by Crippen LogP contribution is -2.49. The molecule has 0 spiro atoms. The molecule has 0 unspecified atom stereocenters. The number of allylic oxidation sites excluding steroid dienone is 6. The lowest BCUT2D eigenvalue weighted by molar-refractivity contribution is -0.140. The number of carbonyl (C=O) groups excluding carboxylic acids is 1. The van der Waals surface area contributed by atoms with Crippen LogP contribution in [0, 0.1) is 0 Å². The van der Waals surface area contributed by atoms with Crippen LogP contribution in [-0.2, 0) is 9.53 Å².